The molecule has 5 heteroatoms. The molecule has 0 radical (unpaired) electrons. The lowest BCUT2D eigenvalue weighted by molar-refractivity contribution is 0.101. The molecule has 0 heterocycles. The molecule has 1 aromatic rings. The minimum Gasteiger partial charge on any atom is -0.294 e. The third kappa shape index (κ3) is 2.56. The van der Waals surface area contributed by atoms with Crippen molar-refractivity contribution in [2.24, 2.45) is 0 Å². The van der Waals surface area contributed by atoms with Crippen LogP contribution in [0.15, 0.2) is 21.9 Å². The highest BCUT2D eigenvalue weighted by atomic mass is 35.7. The molecule has 0 bridgehead atoms. The average Bonchev–Trinajstić information content (AvgIpc) is 2.08. The fourth-order valence-electron chi connectivity index (χ4n) is 0.901. The molecule has 0 fully saturated rings. The summed E-state index contributed by atoms with van der Waals surface area (Å²) in [5.41, 5.74) is 0.499. The molecule has 0 saturated carbocycles. The summed E-state index contributed by atoms with van der Waals surface area (Å²) in [6.07, 6.45) is 0. The van der Waals surface area contributed by atoms with Crippen LogP contribution in [0.4, 0.5) is 0 Å². The van der Waals surface area contributed by atoms with Crippen LogP contribution in [-0.2, 0) is 0 Å². The Bertz CT molecular complexity index is 352. The summed E-state index contributed by atoms with van der Waals surface area (Å²) in [6.45, 7) is 1.47. The molecule has 0 amide bonds. The summed E-state index contributed by atoms with van der Waals surface area (Å²) in [7, 11) is 6.58. The normalized spacial score (nSPS) is 10.2. The smallest absolute Gasteiger partial charge is 0.161 e. The van der Waals surface area contributed by atoms with Gasteiger partial charge in [0.2, 0.25) is 0 Å². The Morgan fingerprint density at radius 2 is 2.15 bits per heavy atom. The maximum Gasteiger partial charge on any atom is 0.161 e. The van der Waals surface area contributed by atoms with E-state index in [1.165, 1.54) is 6.92 Å². The Hall–Kier alpha value is 0.170. The fourth-order valence-corrected chi connectivity index (χ4v) is 2.49. The highest BCUT2D eigenvalue weighted by Gasteiger charge is 2.10. The molecule has 1 rings (SSSR count). The molecule has 0 aliphatic heterocycles. The van der Waals surface area contributed by atoms with Gasteiger partial charge in [0.25, 0.3) is 0 Å². The predicted molar refractivity (Wildman–Crippen MR) is 60.4 cm³/mol. The first-order chi connectivity index (χ1) is 6.06. The number of thiol groups is 1. The van der Waals surface area contributed by atoms with E-state index in [4.69, 9.17) is 22.3 Å². The SMILES string of the molecule is CC(=O)c1cc(Cl)cc(SCl)c1S. The molecular formula is C8H6Cl2OS2. The summed E-state index contributed by atoms with van der Waals surface area (Å²) in [6, 6.07) is 3.26. The lowest BCUT2D eigenvalue weighted by Gasteiger charge is -2.05. The molecule has 0 spiro atoms. The maximum absolute atomic E-state index is 11.1. The Morgan fingerprint density at radius 1 is 1.54 bits per heavy atom. The number of hydrogen-bond donors (Lipinski definition) is 1. The summed E-state index contributed by atoms with van der Waals surface area (Å²) in [4.78, 5) is 12.4. The van der Waals surface area contributed by atoms with Crippen LogP contribution in [0.5, 0.6) is 0 Å². The van der Waals surface area contributed by atoms with E-state index < -0.39 is 0 Å². The first-order valence-corrected chi connectivity index (χ1v) is 5.85. The van der Waals surface area contributed by atoms with Crippen LogP contribution in [-0.4, -0.2) is 5.78 Å². The first-order valence-electron chi connectivity index (χ1n) is 3.38. The van der Waals surface area contributed by atoms with Crippen LogP contribution >= 0.6 is 45.9 Å². The Kier molecular flexibility index (Phi) is 3.98. The van der Waals surface area contributed by atoms with E-state index in [1.807, 2.05) is 0 Å². The molecule has 1 aromatic carbocycles. The minimum absolute atomic E-state index is 0.0699. The molecule has 0 aliphatic carbocycles. The van der Waals surface area contributed by atoms with Gasteiger partial charge in [0, 0.05) is 20.4 Å². The van der Waals surface area contributed by atoms with Crippen molar-refractivity contribution in [1.29, 1.82) is 0 Å². The van der Waals surface area contributed by atoms with Crippen molar-refractivity contribution in [3.8, 4) is 0 Å². The Balaban J connectivity index is 3.35. The van der Waals surface area contributed by atoms with Gasteiger partial charge in [-0.15, -0.1) is 12.6 Å². The van der Waals surface area contributed by atoms with Crippen molar-refractivity contribution >= 4 is 51.7 Å². The van der Waals surface area contributed by atoms with Gasteiger partial charge in [0.05, 0.1) is 0 Å². The Labute approximate surface area is 95.7 Å². The number of benzene rings is 1. The van der Waals surface area contributed by atoms with Crippen LogP contribution in [0.3, 0.4) is 0 Å². The summed E-state index contributed by atoms with van der Waals surface area (Å²) in [5.74, 6) is -0.0699. The standard InChI is InChI=1S/C8H6Cl2OS2/c1-4(11)6-2-5(9)3-7(13-10)8(6)12/h2-3,12H,1H3. The van der Waals surface area contributed by atoms with E-state index in [2.05, 4.69) is 12.6 Å². The van der Waals surface area contributed by atoms with Crippen LogP contribution in [0, 0.1) is 0 Å². The van der Waals surface area contributed by atoms with Crippen LogP contribution in [0.25, 0.3) is 0 Å². The number of carbonyl (C=O) groups excluding carboxylic acids is 1. The number of hydrogen-bond acceptors (Lipinski definition) is 3. The molecule has 0 N–H and O–H groups in total. The van der Waals surface area contributed by atoms with Gasteiger partial charge >= 0.3 is 0 Å². The quantitative estimate of drug-likeness (QED) is 0.631. The zero-order valence-corrected chi connectivity index (χ0v) is 9.90. The summed E-state index contributed by atoms with van der Waals surface area (Å²) >= 11 is 9.98. The number of halogens is 2. The lowest BCUT2D eigenvalue weighted by Crippen LogP contribution is -1.94. The van der Waals surface area contributed by atoms with Crippen molar-refractivity contribution in [3.63, 3.8) is 0 Å². The first kappa shape index (κ1) is 11.2. The molecule has 0 atom stereocenters. The molecule has 13 heavy (non-hydrogen) atoms. The molecular weight excluding hydrogens is 247 g/mol. The number of ketones is 1. The number of carbonyl (C=O) groups is 1. The molecule has 70 valence electrons. The highest BCUT2D eigenvalue weighted by molar-refractivity contribution is 8.21. The van der Waals surface area contributed by atoms with Crippen molar-refractivity contribution in [2.75, 3.05) is 0 Å². The second-order valence-electron chi connectivity index (χ2n) is 2.43. The van der Waals surface area contributed by atoms with Crippen LogP contribution < -0.4 is 0 Å². The van der Waals surface area contributed by atoms with Crippen molar-refractivity contribution < 1.29 is 4.79 Å². The number of rotatable bonds is 2. The fraction of sp³-hybridized carbons (Fsp3) is 0.125. The van der Waals surface area contributed by atoms with Crippen molar-refractivity contribution in [2.45, 2.75) is 16.7 Å². The molecule has 1 nitrogen and oxygen atoms in total. The van der Waals surface area contributed by atoms with Gasteiger partial charge < -0.3 is 0 Å². The van der Waals surface area contributed by atoms with Crippen LogP contribution in [0.1, 0.15) is 17.3 Å². The Morgan fingerprint density at radius 3 is 2.62 bits per heavy atom. The predicted octanol–water partition coefficient (Wildman–Crippen LogP) is 4.08. The van der Waals surface area contributed by atoms with E-state index in [0.717, 1.165) is 11.0 Å². The van der Waals surface area contributed by atoms with E-state index in [-0.39, 0.29) is 5.78 Å². The van der Waals surface area contributed by atoms with Gasteiger partial charge in [-0.1, -0.05) is 11.6 Å². The number of Topliss-reactive ketones (excluding diaryl/α,β-unsaturated/α-hetero) is 1. The summed E-state index contributed by atoms with van der Waals surface area (Å²) in [5, 5.41) is 0.492. The minimum atomic E-state index is -0.0699. The lowest BCUT2D eigenvalue weighted by atomic mass is 10.1. The summed E-state index contributed by atoms with van der Waals surface area (Å²) < 4.78 is 0. The van der Waals surface area contributed by atoms with Crippen LogP contribution in [0.2, 0.25) is 5.02 Å². The molecule has 0 saturated heterocycles. The van der Waals surface area contributed by atoms with E-state index in [9.17, 15) is 4.79 Å². The molecule has 0 aromatic heterocycles. The third-order valence-electron chi connectivity index (χ3n) is 1.50. The van der Waals surface area contributed by atoms with Gasteiger partial charge in [-0.05, 0) is 40.7 Å². The monoisotopic (exact) mass is 252 g/mol. The zero-order valence-electron chi connectivity index (χ0n) is 6.67. The van der Waals surface area contributed by atoms with Gasteiger partial charge in [0.15, 0.2) is 5.78 Å². The topological polar surface area (TPSA) is 17.1 Å². The van der Waals surface area contributed by atoms with Gasteiger partial charge in [-0.3, -0.25) is 4.79 Å². The maximum atomic E-state index is 11.1. The third-order valence-corrected chi connectivity index (χ3v) is 3.34. The molecule has 0 aliphatic rings. The van der Waals surface area contributed by atoms with Crippen molar-refractivity contribution in [1.82, 2.24) is 0 Å². The average molecular weight is 253 g/mol. The largest absolute Gasteiger partial charge is 0.294 e. The second kappa shape index (κ2) is 4.60. The van der Waals surface area contributed by atoms with Gasteiger partial charge in [0.1, 0.15) is 0 Å². The van der Waals surface area contributed by atoms with E-state index in [1.54, 1.807) is 12.1 Å². The van der Waals surface area contributed by atoms with Gasteiger partial charge in [-0.25, -0.2) is 0 Å². The molecule has 0 unspecified atom stereocenters. The highest BCUT2D eigenvalue weighted by Crippen LogP contribution is 2.34. The van der Waals surface area contributed by atoms with E-state index in [0.29, 0.717) is 20.4 Å². The zero-order chi connectivity index (χ0) is 10.0. The van der Waals surface area contributed by atoms with Crippen molar-refractivity contribution in [3.05, 3.63) is 22.7 Å². The van der Waals surface area contributed by atoms with Gasteiger partial charge in [-0.2, -0.15) is 0 Å². The second-order valence-corrected chi connectivity index (χ2v) is 4.37. The van der Waals surface area contributed by atoms with E-state index >= 15 is 0 Å².